The number of benzene rings is 3. The summed E-state index contributed by atoms with van der Waals surface area (Å²) in [5.74, 6) is -0.386. The number of hydrogen-bond donors (Lipinski definition) is 0. The second-order valence-corrected chi connectivity index (χ2v) is 14.3. The summed E-state index contributed by atoms with van der Waals surface area (Å²) in [6.07, 6.45) is -8.15. The number of aryl methyl sites for hydroxylation is 4. The highest BCUT2D eigenvalue weighted by Crippen LogP contribution is 2.37. The van der Waals surface area contributed by atoms with Crippen molar-refractivity contribution in [3.05, 3.63) is 137 Å². The highest BCUT2D eigenvalue weighted by atomic mass is 16.7. The Labute approximate surface area is 305 Å². The van der Waals surface area contributed by atoms with Gasteiger partial charge in [-0.1, -0.05) is 107 Å². The molecule has 0 radical (unpaired) electrons. The number of pyridine rings is 2. The Bertz CT molecular complexity index is 2090. The molecule has 3 aromatic carbocycles. The minimum atomic E-state index is -2.79. The molecule has 6 rings (SSSR count). The molecule has 0 spiro atoms. The van der Waals surface area contributed by atoms with Crippen molar-refractivity contribution in [2.75, 3.05) is 0 Å². The Balaban J connectivity index is 1.52. The quantitative estimate of drug-likeness (QED) is 0.133. The van der Waals surface area contributed by atoms with E-state index in [1.165, 1.54) is 30.6 Å². The van der Waals surface area contributed by atoms with Gasteiger partial charge in [-0.3, -0.25) is 9.97 Å². The van der Waals surface area contributed by atoms with Gasteiger partial charge < -0.3 is 9.31 Å². The Morgan fingerprint density at radius 3 is 1.39 bits per heavy atom. The molecule has 0 aliphatic carbocycles. The first-order valence-electron chi connectivity index (χ1n) is 21.1. The number of hydrogen-bond acceptors (Lipinski definition) is 4. The van der Waals surface area contributed by atoms with Crippen molar-refractivity contribution in [2.24, 2.45) is 0 Å². The zero-order valence-corrected chi connectivity index (χ0v) is 29.8. The highest BCUT2D eigenvalue weighted by Gasteiger charge is 2.51. The van der Waals surface area contributed by atoms with Gasteiger partial charge in [-0.15, -0.1) is 0 Å². The first-order chi connectivity index (χ1) is 26.4. The maximum Gasteiger partial charge on any atom is 0.494 e. The Morgan fingerprint density at radius 1 is 0.592 bits per heavy atom. The minimum absolute atomic E-state index is 0.0641. The van der Waals surface area contributed by atoms with Crippen LogP contribution < -0.4 is 5.46 Å². The monoisotopic (exact) mass is 658 g/mol. The normalized spacial score (nSPS) is 18.9. The molecule has 2 aromatic heterocycles. The summed E-state index contributed by atoms with van der Waals surface area (Å²) in [5.41, 5.74) is 2.49. The van der Waals surface area contributed by atoms with Gasteiger partial charge in [0.2, 0.25) is 0 Å². The molecule has 252 valence electrons. The van der Waals surface area contributed by atoms with Gasteiger partial charge in [0.15, 0.2) is 0 Å². The van der Waals surface area contributed by atoms with Crippen molar-refractivity contribution in [3.8, 4) is 22.5 Å². The predicted molar refractivity (Wildman–Crippen MR) is 204 cm³/mol. The lowest BCUT2D eigenvalue weighted by Gasteiger charge is -2.32. The average Bonchev–Trinajstić information content (AvgIpc) is 3.40. The maximum atomic E-state index is 9.56. The van der Waals surface area contributed by atoms with Crippen molar-refractivity contribution in [1.29, 1.82) is 0 Å². The third kappa shape index (κ3) is 7.90. The highest BCUT2D eigenvalue weighted by molar-refractivity contribution is 6.62. The zero-order chi connectivity index (χ0) is 41.9. The third-order valence-electron chi connectivity index (χ3n) is 9.42. The lowest BCUT2D eigenvalue weighted by Crippen LogP contribution is -2.41. The molecular weight excluding hydrogens is 599 g/mol. The molecule has 1 aliphatic heterocycles. The van der Waals surface area contributed by atoms with Gasteiger partial charge in [0, 0.05) is 34.5 Å². The lowest BCUT2D eigenvalue weighted by atomic mass is 9.76. The summed E-state index contributed by atoms with van der Waals surface area (Å²) < 4.78 is 88.9. The summed E-state index contributed by atoms with van der Waals surface area (Å²) >= 11 is 0. The van der Waals surface area contributed by atoms with E-state index in [2.05, 4.69) is 9.97 Å². The van der Waals surface area contributed by atoms with Gasteiger partial charge in [0.1, 0.15) is 0 Å². The maximum absolute atomic E-state index is 9.56. The summed E-state index contributed by atoms with van der Waals surface area (Å²) in [7, 11) is -1.08. The van der Waals surface area contributed by atoms with Crippen molar-refractivity contribution >= 4 is 12.6 Å². The molecule has 49 heavy (non-hydrogen) atoms. The number of aromatic nitrogens is 2. The van der Waals surface area contributed by atoms with Crippen LogP contribution in [0.3, 0.4) is 0 Å². The fraction of sp³-hybridized carbons (Fsp3) is 0.364. The first kappa shape index (κ1) is 25.9. The van der Waals surface area contributed by atoms with Crippen LogP contribution in [0.5, 0.6) is 0 Å². The van der Waals surface area contributed by atoms with Crippen LogP contribution in [0, 0.1) is 0 Å². The van der Waals surface area contributed by atoms with Crippen LogP contribution >= 0.6 is 0 Å². The van der Waals surface area contributed by atoms with Gasteiger partial charge in [0.25, 0.3) is 0 Å². The Morgan fingerprint density at radius 2 is 1.00 bits per heavy atom. The van der Waals surface area contributed by atoms with Gasteiger partial charge in [0.05, 0.1) is 22.6 Å². The van der Waals surface area contributed by atoms with Crippen molar-refractivity contribution in [1.82, 2.24) is 9.97 Å². The van der Waals surface area contributed by atoms with E-state index < -0.39 is 43.8 Å². The summed E-state index contributed by atoms with van der Waals surface area (Å²) in [5, 5.41) is 0. The fourth-order valence-electron chi connectivity index (χ4n) is 5.83. The van der Waals surface area contributed by atoms with Gasteiger partial charge >= 0.3 is 7.12 Å². The third-order valence-corrected chi connectivity index (χ3v) is 9.42. The molecule has 1 aliphatic rings. The SMILES string of the molecule is [2H]C([2H])(c1cc(B2OC(C)(C)C(C)(C)O2)cc(C([2H])([2H])C([2H])([2H])c2cnc(-c3ccccc3)cc2C(C)C)c1)C([2H])([2H])c1cnc(-c2ccccc2)cc1C(C)C. The second-order valence-electron chi connectivity index (χ2n) is 14.3. The van der Waals surface area contributed by atoms with E-state index in [1.54, 1.807) is 12.1 Å². The van der Waals surface area contributed by atoms with Crippen LogP contribution in [0.4, 0.5) is 0 Å². The van der Waals surface area contributed by atoms with Crippen molar-refractivity contribution in [3.63, 3.8) is 0 Å². The Kier molecular flexibility index (Phi) is 7.61. The van der Waals surface area contributed by atoms with E-state index in [4.69, 9.17) is 9.31 Å². The molecule has 0 atom stereocenters. The molecule has 1 saturated heterocycles. The van der Waals surface area contributed by atoms with E-state index in [0.717, 1.165) is 11.1 Å². The van der Waals surface area contributed by atoms with E-state index in [9.17, 15) is 11.0 Å². The molecule has 0 bridgehead atoms. The molecule has 0 N–H and O–H groups in total. The molecule has 0 unspecified atom stereocenters. The topological polar surface area (TPSA) is 44.2 Å². The van der Waals surface area contributed by atoms with E-state index in [-0.39, 0.29) is 39.6 Å². The van der Waals surface area contributed by atoms with Crippen LogP contribution in [-0.2, 0) is 34.8 Å². The smallest absolute Gasteiger partial charge is 0.399 e. The zero-order valence-electron chi connectivity index (χ0n) is 37.8. The molecule has 5 aromatic rings. The number of nitrogens with zero attached hydrogens (tertiary/aromatic N) is 2. The molecular formula is C44H51BN2O2. The van der Waals surface area contributed by atoms with Crippen molar-refractivity contribution in [2.45, 2.75) is 104 Å². The summed E-state index contributed by atoms with van der Waals surface area (Å²) in [6, 6.07) is 26.7. The lowest BCUT2D eigenvalue weighted by molar-refractivity contribution is 0.00578. The number of rotatable bonds is 11. The largest absolute Gasteiger partial charge is 0.494 e. The molecule has 5 heteroatoms. The minimum Gasteiger partial charge on any atom is -0.399 e. The molecule has 4 nitrogen and oxygen atoms in total. The van der Waals surface area contributed by atoms with Gasteiger partial charge in [-0.2, -0.15) is 0 Å². The molecule has 1 fully saturated rings. The van der Waals surface area contributed by atoms with Crippen LogP contribution in [0.1, 0.15) is 112 Å². The van der Waals surface area contributed by atoms with Crippen LogP contribution in [0.15, 0.2) is 103 Å². The van der Waals surface area contributed by atoms with E-state index in [1.807, 2.05) is 116 Å². The van der Waals surface area contributed by atoms with Crippen molar-refractivity contribution < 1.29 is 20.3 Å². The van der Waals surface area contributed by atoms with Crippen LogP contribution in [0.2, 0.25) is 0 Å². The van der Waals surface area contributed by atoms with Crippen LogP contribution in [-0.4, -0.2) is 28.3 Å². The fourth-order valence-corrected chi connectivity index (χ4v) is 5.83. The Hall–Kier alpha value is -4.06. The molecule has 0 amide bonds. The van der Waals surface area contributed by atoms with Gasteiger partial charge in [-0.05, 0) is 116 Å². The summed E-state index contributed by atoms with van der Waals surface area (Å²) in [6.45, 7) is 15.1. The standard InChI is InChI=1S/C44H51BN2O2/c1-30(2)39-26-41(34-15-11-9-12-16-34)46-28-36(39)21-19-32-23-33(25-38(24-32)45-48-43(5,6)44(7,8)49-45)20-22-37-29-47-42(27-40(37)31(3)4)35-17-13-10-14-18-35/h9-18,23-31H,19-22H2,1-8H3/i19D2,20D2,21D2,22D2. The summed E-state index contributed by atoms with van der Waals surface area (Å²) in [4.78, 5) is 9.17. The van der Waals surface area contributed by atoms with Crippen LogP contribution in [0.25, 0.3) is 22.5 Å². The van der Waals surface area contributed by atoms with Gasteiger partial charge in [-0.25, -0.2) is 0 Å². The van der Waals surface area contributed by atoms with E-state index in [0.29, 0.717) is 22.5 Å². The first-order valence-corrected chi connectivity index (χ1v) is 17.1. The van der Waals surface area contributed by atoms with E-state index >= 15 is 0 Å². The molecule has 3 heterocycles. The average molecular weight is 659 g/mol. The predicted octanol–water partition coefficient (Wildman–Crippen LogP) is 9.93. The molecule has 0 saturated carbocycles. The second kappa shape index (κ2) is 14.4.